The van der Waals surface area contributed by atoms with Crippen molar-refractivity contribution in [3.05, 3.63) is 39.2 Å². The van der Waals surface area contributed by atoms with Crippen molar-refractivity contribution in [2.75, 3.05) is 32.7 Å². The normalized spacial score (nSPS) is 16.5. The number of nitrogens with one attached hydrogen (secondary N) is 2. The molecule has 7 heteroatoms. The van der Waals surface area contributed by atoms with E-state index >= 15 is 0 Å². The van der Waals surface area contributed by atoms with E-state index in [2.05, 4.69) is 47.4 Å². The average molecular weight is 404 g/mol. The molecule has 1 atom stereocenters. The molecule has 2 aromatic rings. The molecule has 0 aromatic carbocycles. The molecule has 1 unspecified atom stereocenters. The average Bonchev–Trinajstić information content (AvgIpc) is 3.39. The highest BCUT2D eigenvalue weighted by Crippen LogP contribution is 2.27. The summed E-state index contributed by atoms with van der Waals surface area (Å²) in [4.78, 5) is 13.3. The largest absolute Gasteiger partial charge is 0.465 e. The van der Waals surface area contributed by atoms with Crippen LogP contribution in [0.25, 0.3) is 0 Å². The van der Waals surface area contributed by atoms with Gasteiger partial charge in [0.1, 0.15) is 11.5 Å². The summed E-state index contributed by atoms with van der Waals surface area (Å²) in [5.74, 6) is 2.84. The lowest BCUT2D eigenvalue weighted by Gasteiger charge is -2.24. The van der Waals surface area contributed by atoms with E-state index in [1.807, 2.05) is 13.0 Å². The second-order valence-electron chi connectivity index (χ2n) is 7.35. The molecular weight excluding hydrogens is 370 g/mol. The van der Waals surface area contributed by atoms with Crippen LogP contribution in [0.3, 0.4) is 0 Å². The number of furan rings is 1. The highest BCUT2D eigenvalue weighted by Gasteiger charge is 2.25. The van der Waals surface area contributed by atoms with Gasteiger partial charge in [-0.1, -0.05) is 0 Å². The van der Waals surface area contributed by atoms with Gasteiger partial charge >= 0.3 is 0 Å². The summed E-state index contributed by atoms with van der Waals surface area (Å²) >= 11 is 1.78. The summed E-state index contributed by atoms with van der Waals surface area (Å²) in [6, 6.07) is 4.35. The number of aromatic nitrogens is 1. The van der Waals surface area contributed by atoms with Crippen LogP contribution in [0.1, 0.15) is 52.9 Å². The van der Waals surface area contributed by atoms with Gasteiger partial charge in [-0.2, -0.15) is 0 Å². The molecule has 0 radical (unpaired) electrons. The Morgan fingerprint density at radius 3 is 2.64 bits per heavy atom. The Morgan fingerprint density at radius 2 is 2.04 bits per heavy atom. The Bertz CT molecular complexity index is 756. The Kier molecular flexibility index (Phi) is 7.50. The molecule has 2 aromatic heterocycles. The molecule has 1 fully saturated rings. The lowest BCUT2D eigenvalue weighted by molar-refractivity contribution is 0.219. The van der Waals surface area contributed by atoms with Crippen molar-refractivity contribution in [1.29, 1.82) is 0 Å². The van der Waals surface area contributed by atoms with Gasteiger partial charge in [-0.15, -0.1) is 11.3 Å². The number of rotatable bonds is 8. The number of aryl methyl sites for hydroxylation is 3. The topological polar surface area (TPSA) is 65.7 Å². The van der Waals surface area contributed by atoms with Gasteiger partial charge in [0.15, 0.2) is 5.96 Å². The first-order valence-electron chi connectivity index (χ1n) is 10.3. The summed E-state index contributed by atoms with van der Waals surface area (Å²) in [5.41, 5.74) is 1.14. The second kappa shape index (κ2) is 10.1. The van der Waals surface area contributed by atoms with E-state index in [-0.39, 0.29) is 6.04 Å². The van der Waals surface area contributed by atoms with Gasteiger partial charge in [0.2, 0.25) is 0 Å². The van der Waals surface area contributed by atoms with Crippen LogP contribution in [0.2, 0.25) is 0 Å². The fourth-order valence-corrected chi connectivity index (χ4v) is 4.46. The van der Waals surface area contributed by atoms with Crippen LogP contribution in [0.15, 0.2) is 21.5 Å². The fourth-order valence-electron chi connectivity index (χ4n) is 3.52. The van der Waals surface area contributed by atoms with E-state index < -0.39 is 0 Å². The van der Waals surface area contributed by atoms with Crippen LogP contribution in [0.4, 0.5) is 0 Å². The number of likely N-dealkylation sites (tertiary alicyclic amines) is 1. The predicted molar refractivity (Wildman–Crippen MR) is 116 cm³/mol. The van der Waals surface area contributed by atoms with Crippen molar-refractivity contribution < 1.29 is 4.42 Å². The summed E-state index contributed by atoms with van der Waals surface area (Å²) in [6.07, 6.45) is 3.42. The summed E-state index contributed by atoms with van der Waals surface area (Å²) < 4.78 is 5.94. The summed E-state index contributed by atoms with van der Waals surface area (Å²) in [6.45, 7) is 12.9. The smallest absolute Gasteiger partial charge is 0.191 e. The molecule has 0 amide bonds. The molecule has 154 valence electrons. The van der Waals surface area contributed by atoms with Crippen molar-refractivity contribution in [2.24, 2.45) is 4.99 Å². The number of hydrogen-bond acceptors (Lipinski definition) is 5. The van der Waals surface area contributed by atoms with E-state index in [1.165, 1.54) is 22.7 Å². The van der Waals surface area contributed by atoms with Gasteiger partial charge in [0.05, 0.1) is 23.3 Å². The highest BCUT2D eigenvalue weighted by molar-refractivity contribution is 7.11. The number of guanidine groups is 1. The van der Waals surface area contributed by atoms with Crippen LogP contribution in [0.5, 0.6) is 0 Å². The number of hydrogen-bond donors (Lipinski definition) is 2. The molecule has 0 bridgehead atoms. The SMILES string of the molecule is CCNC(=NCC(c1ccc(C)o1)N1CCCC1)NCCc1nc(C)c(C)s1. The van der Waals surface area contributed by atoms with Crippen LogP contribution in [-0.4, -0.2) is 48.6 Å². The molecule has 3 rings (SSSR count). The van der Waals surface area contributed by atoms with Crippen molar-refractivity contribution >= 4 is 17.3 Å². The minimum atomic E-state index is 0.205. The molecule has 0 aliphatic carbocycles. The standard InChI is InChI=1S/C21H33N5OS/c1-5-22-21(23-11-10-20-25-16(3)17(4)28-20)24-14-18(26-12-6-7-13-26)19-9-8-15(2)27-19/h8-9,18H,5-7,10-14H2,1-4H3,(H2,22,23,24). The first kappa shape index (κ1) is 20.9. The van der Waals surface area contributed by atoms with Crippen molar-refractivity contribution in [3.63, 3.8) is 0 Å². The maximum Gasteiger partial charge on any atom is 0.191 e. The Hall–Kier alpha value is -1.86. The molecule has 3 heterocycles. The van der Waals surface area contributed by atoms with Crippen LogP contribution in [-0.2, 0) is 6.42 Å². The molecule has 0 spiro atoms. The Balaban J connectivity index is 1.61. The first-order chi connectivity index (χ1) is 13.6. The lowest BCUT2D eigenvalue weighted by Crippen LogP contribution is -2.39. The van der Waals surface area contributed by atoms with E-state index in [0.717, 1.165) is 55.8 Å². The molecule has 0 saturated carbocycles. The van der Waals surface area contributed by atoms with Gasteiger partial charge in [-0.25, -0.2) is 4.98 Å². The van der Waals surface area contributed by atoms with Gasteiger partial charge in [0, 0.05) is 24.4 Å². The van der Waals surface area contributed by atoms with Crippen molar-refractivity contribution in [1.82, 2.24) is 20.5 Å². The lowest BCUT2D eigenvalue weighted by atomic mass is 10.2. The van der Waals surface area contributed by atoms with Gasteiger partial charge < -0.3 is 15.1 Å². The minimum absolute atomic E-state index is 0.205. The maximum absolute atomic E-state index is 5.94. The number of aliphatic imine (C=N–C) groups is 1. The van der Waals surface area contributed by atoms with Crippen LogP contribution < -0.4 is 10.6 Å². The third-order valence-corrected chi connectivity index (χ3v) is 6.27. The summed E-state index contributed by atoms with van der Waals surface area (Å²) in [7, 11) is 0. The third-order valence-electron chi connectivity index (χ3n) is 5.14. The second-order valence-corrected chi connectivity index (χ2v) is 8.64. The maximum atomic E-state index is 5.94. The monoisotopic (exact) mass is 403 g/mol. The number of thiazole rings is 1. The Morgan fingerprint density at radius 1 is 1.25 bits per heavy atom. The van der Waals surface area contributed by atoms with Crippen LogP contribution >= 0.6 is 11.3 Å². The summed E-state index contributed by atoms with van der Waals surface area (Å²) in [5, 5.41) is 8.00. The third kappa shape index (κ3) is 5.58. The fraction of sp³-hybridized carbons (Fsp3) is 0.619. The van der Waals surface area contributed by atoms with Crippen LogP contribution in [0, 0.1) is 20.8 Å². The quantitative estimate of drug-likeness (QED) is 0.521. The molecule has 1 aliphatic heterocycles. The minimum Gasteiger partial charge on any atom is -0.465 e. The molecular formula is C21H33N5OS. The van der Waals surface area contributed by atoms with Gasteiger partial charge in [-0.05, 0) is 65.8 Å². The molecule has 1 saturated heterocycles. The Labute approximate surface area is 172 Å². The number of nitrogens with zero attached hydrogens (tertiary/aromatic N) is 3. The van der Waals surface area contributed by atoms with E-state index in [4.69, 9.17) is 9.41 Å². The molecule has 1 aliphatic rings. The molecule has 2 N–H and O–H groups in total. The zero-order valence-electron chi connectivity index (χ0n) is 17.5. The van der Waals surface area contributed by atoms with Gasteiger partial charge in [-0.3, -0.25) is 9.89 Å². The van der Waals surface area contributed by atoms with Crippen molar-refractivity contribution in [2.45, 2.75) is 53.0 Å². The predicted octanol–water partition coefficient (Wildman–Crippen LogP) is 3.60. The van der Waals surface area contributed by atoms with E-state index in [9.17, 15) is 0 Å². The molecule has 6 nitrogen and oxygen atoms in total. The molecule has 28 heavy (non-hydrogen) atoms. The van der Waals surface area contributed by atoms with Gasteiger partial charge in [0.25, 0.3) is 0 Å². The van der Waals surface area contributed by atoms with E-state index in [0.29, 0.717) is 6.54 Å². The van der Waals surface area contributed by atoms with Crippen molar-refractivity contribution in [3.8, 4) is 0 Å². The zero-order chi connectivity index (χ0) is 19.9. The zero-order valence-corrected chi connectivity index (χ0v) is 18.4. The van der Waals surface area contributed by atoms with E-state index in [1.54, 1.807) is 11.3 Å². The first-order valence-corrected chi connectivity index (χ1v) is 11.1. The highest BCUT2D eigenvalue weighted by atomic mass is 32.1.